The van der Waals surface area contributed by atoms with Crippen molar-refractivity contribution in [2.45, 2.75) is 26.3 Å². The third kappa shape index (κ3) is 4.60. The Kier molecular flexibility index (Phi) is 5.32. The van der Waals surface area contributed by atoms with Crippen LogP contribution in [0.25, 0.3) is 0 Å². The van der Waals surface area contributed by atoms with E-state index in [4.69, 9.17) is 0 Å². The highest BCUT2D eigenvalue weighted by Gasteiger charge is 2.03. The molecule has 0 radical (unpaired) electrons. The number of aromatic nitrogens is 1. The quantitative estimate of drug-likeness (QED) is 0.881. The monoisotopic (exact) mass is 284 g/mol. The summed E-state index contributed by atoms with van der Waals surface area (Å²) in [4.78, 5) is 23.3. The van der Waals surface area contributed by atoms with Crippen molar-refractivity contribution in [2.24, 2.45) is 0 Å². The van der Waals surface area contributed by atoms with Crippen molar-refractivity contribution in [3.8, 4) is 0 Å². The number of nitrogens with zero attached hydrogens (tertiary/aromatic N) is 1. The second-order valence-corrected chi connectivity index (χ2v) is 5.01. The van der Waals surface area contributed by atoms with Crippen LogP contribution in [0.2, 0.25) is 0 Å². The van der Waals surface area contributed by atoms with Crippen molar-refractivity contribution in [3.05, 3.63) is 70.1 Å². The van der Waals surface area contributed by atoms with E-state index in [1.807, 2.05) is 12.1 Å². The molecule has 0 aliphatic rings. The van der Waals surface area contributed by atoms with E-state index < -0.39 is 0 Å². The molecule has 1 heterocycles. The van der Waals surface area contributed by atoms with Crippen LogP contribution in [0.1, 0.15) is 17.5 Å². The van der Waals surface area contributed by atoms with E-state index in [2.05, 4.69) is 24.4 Å². The van der Waals surface area contributed by atoms with Gasteiger partial charge in [0.1, 0.15) is 0 Å². The van der Waals surface area contributed by atoms with Crippen molar-refractivity contribution >= 4 is 5.91 Å². The molecule has 21 heavy (non-hydrogen) atoms. The SMILES string of the molecule is Cc1ccccc1CCNC(=O)CCn1ccccc1=O. The first-order valence-corrected chi connectivity index (χ1v) is 7.13. The van der Waals surface area contributed by atoms with E-state index in [0.717, 1.165) is 6.42 Å². The Morgan fingerprint density at radius 1 is 1.14 bits per heavy atom. The van der Waals surface area contributed by atoms with Gasteiger partial charge >= 0.3 is 0 Å². The maximum absolute atomic E-state index is 11.8. The molecule has 1 aromatic heterocycles. The first-order valence-electron chi connectivity index (χ1n) is 7.13. The summed E-state index contributed by atoms with van der Waals surface area (Å²) in [6.07, 6.45) is 2.84. The Balaban J connectivity index is 1.74. The number of amides is 1. The molecule has 0 atom stereocenters. The van der Waals surface area contributed by atoms with Crippen LogP contribution in [-0.4, -0.2) is 17.0 Å². The van der Waals surface area contributed by atoms with Gasteiger partial charge in [-0.15, -0.1) is 0 Å². The molecule has 1 N–H and O–H groups in total. The first kappa shape index (κ1) is 15.0. The molecular weight excluding hydrogens is 264 g/mol. The van der Waals surface area contributed by atoms with Crippen LogP contribution in [0.4, 0.5) is 0 Å². The van der Waals surface area contributed by atoms with Crippen molar-refractivity contribution < 1.29 is 4.79 Å². The normalized spacial score (nSPS) is 10.3. The minimum Gasteiger partial charge on any atom is -0.356 e. The molecule has 0 aliphatic heterocycles. The lowest BCUT2D eigenvalue weighted by molar-refractivity contribution is -0.121. The smallest absolute Gasteiger partial charge is 0.250 e. The number of nitrogens with one attached hydrogen (secondary N) is 1. The highest BCUT2D eigenvalue weighted by molar-refractivity contribution is 5.75. The maximum atomic E-state index is 11.8. The topological polar surface area (TPSA) is 51.1 Å². The number of rotatable bonds is 6. The zero-order valence-electron chi connectivity index (χ0n) is 12.2. The first-order chi connectivity index (χ1) is 10.2. The molecule has 0 aliphatic carbocycles. The van der Waals surface area contributed by atoms with Gasteiger partial charge in [0.2, 0.25) is 5.91 Å². The van der Waals surface area contributed by atoms with Crippen molar-refractivity contribution in [3.63, 3.8) is 0 Å². The number of hydrogen-bond donors (Lipinski definition) is 1. The number of aryl methyl sites for hydroxylation is 2. The van der Waals surface area contributed by atoms with Gasteiger partial charge in [0.15, 0.2) is 0 Å². The van der Waals surface area contributed by atoms with Crippen LogP contribution in [-0.2, 0) is 17.8 Å². The predicted molar refractivity (Wildman–Crippen MR) is 83.2 cm³/mol. The van der Waals surface area contributed by atoms with E-state index in [0.29, 0.717) is 19.5 Å². The zero-order valence-corrected chi connectivity index (χ0v) is 12.2. The highest BCUT2D eigenvalue weighted by Crippen LogP contribution is 2.06. The maximum Gasteiger partial charge on any atom is 0.250 e. The van der Waals surface area contributed by atoms with Crippen LogP contribution < -0.4 is 10.9 Å². The fourth-order valence-electron chi connectivity index (χ4n) is 2.18. The molecule has 1 amide bonds. The molecule has 2 rings (SSSR count). The number of carbonyl (C=O) groups excluding carboxylic acids is 1. The van der Waals surface area contributed by atoms with E-state index in [1.54, 1.807) is 22.9 Å². The molecule has 0 bridgehead atoms. The number of hydrogen-bond acceptors (Lipinski definition) is 2. The Hall–Kier alpha value is -2.36. The Morgan fingerprint density at radius 3 is 2.67 bits per heavy atom. The Bertz CT molecular complexity index is 662. The molecule has 1 aromatic carbocycles. The number of pyridine rings is 1. The molecule has 110 valence electrons. The predicted octanol–water partition coefficient (Wildman–Crippen LogP) is 1.91. The van der Waals surface area contributed by atoms with Gasteiger partial charge in [-0.25, -0.2) is 0 Å². The summed E-state index contributed by atoms with van der Waals surface area (Å²) in [5.41, 5.74) is 2.41. The lowest BCUT2D eigenvalue weighted by Gasteiger charge is -2.08. The lowest BCUT2D eigenvalue weighted by atomic mass is 10.1. The minimum atomic E-state index is -0.0785. The van der Waals surface area contributed by atoms with E-state index in [-0.39, 0.29) is 11.5 Å². The summed E-state index contributed by atoms with van der Waals surface area (Å²) in [7, 11) is 0. The second kappa shape index (κ2) is 7.43. The summed E-state index contributed by atoms with van der Waals surface area (Å²) >= 11 is 0. The second-order valence-electron chi connectivity index (χ2n) is 5.01. The number of benzene rings is 1. The fraction of sp³-hybridized carbons (Fsp3) is 0.294. The van der Waals surface area contributed by atoms with E-state index in [1.165, 1.54) is 17.2 Å². The van der Waals surface area contributed by atoms with Gasteiger partial charge in [0.25, 0.3) is 5.56 Å². The average Bonchev–Trinajstić information content (AvgIpc) is 2.48. The van der Waals surface area contributed by atoms with Gasteiger partial charge in [-0.3, -0.25) is 9.59 Å². The fourth-order valence-corrected chi connectivity index (χ4v) is 2.18. The van der Waals surface area contributed by atoms with Crippen molar-refractivity contribution in [1.82, 2.24) is 9.88 Å². The molecule has 0 spiro atoms. The number of carbonyl (C=O) groups is 1. The molecule has 4 heteroatoms. The van der Waals surface area contributed by atoms with Gasteiger partial charge in [-0.1, -0.05) is 30.3 Å². The summed E-state index contributed by atoms with van der Waals surface area (Å²) in [6, 6.07) is 13.1. The lowest BCUT2D eigenvalue weighted by Crippen LogP contribution is -2.28. The molecular formula is C17H20N2O2. The molecule has 0 saturated heterocycles. The van der Waals surface area contributed by atoms with E-state index in [9.17, 15) is 9.59 Å². The van der Waals surface area contributed by atoms with Gasteiger partial charge < -0.3 is 9.88 Å². The minimum absolute atomic E-state index is 0.0284. The van der Waals surface area contributed by atoms with Crippen LogP contribution in [0.5, 0.6) is 0 Å². The summed E-state index contributed by atoms with van der Waals surface area (Å²) in [6.45, 7) is 3.10. The highest BCUT2D eigenvalue weighted by atomic mass is 16.1. The molecule has 2 aromatic rings. The van der Waals surface area contributed by atoms with Gasteiger partial charge in [-0.05, 0) is 30.5 Å². The molecule has 4 nitrogen and oxygen atoms in total. The summed E-state index contributed by atoms with van der Waals surface area (Å²) < 4.78 is 1.54. The van der Waals surface area contributed by atoms with Crippen LogP contribution in [0.3, 0.4) is 0 Å². The summed E-state index contributed by atoms with van der Waals surface area (Å²) in [5, 5.41) is 2.89. The van der Waals surface area contributed by atoms with Gasteiger partial charge in [0.05, 0.1) is 0 Å². The van der Waals surface area contributed by atoms with Gasteiger partial charge in [0, 0.05) is 31.8 Å². The molecule has 0 saturated carbocycles. The largest absolute Gasteiger partial charge is 0.356 e. The molecule has 0 fully saturated rings. The third-order valence-electron chi connectivity index (χ3n) is 3.46. The Labute approximate surface area is 124 Å². The standard InChI is InChI=1S/C17H20N2O2/c1-14-6-2-3-7-15(14)9-11-18-16(20)10-13-19-12-5-4-8-17(19)21/h2-8,12H,9-11,13H2,1H3,(H,18,20). The third-order valence-corrected chi connectivity index (χ3v) is 3.46. The van der Waals surface area contributed by atoms with Crippen LogP contribution in [0, 0.1) is 6.92 Å². The molecule has 0 unspecified atom stereocenters. The zero-order chi connectivity index (χ0) is 15.1. The summed E-state index contributed by atoms with van der Waals surface area (Å²) in [5.74, 6) is -0.0284. The van der Waals surface area contributed by atoms with Crippen LogP contribution >= 0.6 is 0 Å². The van der Waals surface area contributed by atoms with Crippen molar-refractivity contribution in [1.29, 1.82) is 0 Å². The van der Waals surface area contributed by atoms with Crippen LogP contribution in [0.15, 0.2) is 53.5 Å². The van der Waals surface area contributed by atoms with E-state index >= 15 is 0 Å². The Morgan fingerprint density at radius 2 is 1.90 bits per heavy atom. The van der Waals surface area contributed by atoms with Crippen molar-refractivity contribution in [2.75, 3.05) is 6.54 Å². The average molecular weight is 284 g/mol. The van der Waals surface area contributed by atoms with Gasteiger partial charge in [-0.2, -0.15) is 0 Å².